The Kier molecular flexibility index (Phi) is 6.59. The summed E-state index contributed by atoms with van der Waals surface area (Å²) in [7, 11) is 3.22. The summed E-state index contributed by atoms with van der Waals surface area (Å²) < 4.78 is 16.6. The second-order valence-electron chi connectivity index (χ2n) is 9.28. The van der Waals surface area contributed by atoms with Crippen LogP contribution >= 0.6 is 0 Å². The highest BCUT2D eigenvalue weighted by Gasteiger charge is 2.25. The van der Waals surface area contributed by atoms with E-state index < -0.39 is 23.2 Å². The summed E-state index contributed by atoms with van der Waals surface area (Å²) in [5.41, 5.74) is 7.01. The van der Waals surface area contributed by atoms with E-state index in [0.717, 1.165) is 10.5 Å². The molecule has 2 aromatic heterocycles. The van der Waals surface area contributed by atoms with Crippen LogP contribution in [0.2, 0.25) is 0 Å². The van der Waals surface area contributed by atoms with Crippen molar-refractivity contribution in [1.82, 2.24) is 24.8 Å². The number of nitrogens with zero attached hydrogens (tertiary/aromatic N) is 5. The molecule has 0 spiro atoms. The predicted molar refractivity (Wildman–Crippen MR) is 138 cm³/mol. The van der Waals surface area contributed by atoms with Crippen molar-refractivity contribution >= 4 is 39.4 Å². The predicted octanol–water partition coefficient (Wildman–Crippen LogP) is 3.00. The third-order valence-corrected chi connectivity index (χ3v) is 5.89. The molecule has 3 N–H and O–H groups in total. The van der Waals surface area contributed by atoms with Gasteiger partial charge in [0, 0.05) is 43.1 Å². The first-order chi connectivity index (χ1) is 17.4. The average Bonchev–Trinajstić information content (AvgIpc) is 3.23. The molecule has 0 aliphatic rings. The maximum absolute atomic E-state index is 15.0. The first-order valence-electron chi connectivity index (χ1n) is 11.5. The van der Waals surface area contributed by atoms with Gasteiger partial charge in [-0.3, -0.25) is 19.3 Å². The first kappa shape index (κ1) is 25.6. The molecular weight excluding hydrogens is 475 g/mol. The first-order valence-corrected chi connectivity index (χ1v) is 11.5. The third kappa shape index (κ3) is 5.22. The number of anilines is 1. The van der Waals surface area contributed by atoms with Crippen molar-refractivity contribution < 1.29 is 19.1 Å². The van der Waals surface area contributed by atoms with Crippen molar-refractivity contribution in [3.05, 3.63) is 65.1 Å². The molecule has 37 heavy (non-hydrogen) atoms. The van der Waals surface area contributed by atoms with Crippen molar-refractivity contribution in [2.45, 2.75) is 32.9 Å². The van der Waals surface area contributed by atoms with Gasteiger partial charge in [-0.1, -0.05) is 17.9 Å². The summed E-state index contributed by atoms with van der Waals surface area (Å²) in [6.45, 7) is 4.18. The molecule has 0 saturated carbocycles. The van der Waals surface area contributed by atoms with Gasteiger partial charge >= 0.3 is 0 Å². The third-order valence-electron chi connectivity index (χ3n) is 5.89. The number of hydrazine groups is 1. The molecule has 0 aliphatic carbocycles. The Hall–Kier alpha value is -4.49. The number of hydrogen-bond donors (Lipinski definition) is 2. The monoisotopic (exact) mass is 502 g/mol. The van der Waals surface area contributed by atoms with Crippen LogP contribution in [0.25, 0.3) is 21.8 Å². The van der Waals surface area contributed by atoms with E-state index in [9.17, 15) is 19.1 Å². The summed E-state index contributed by atoms with van der Waals surface area (Å²) in [5.74, 6) is 4.20. The van der Waals surface area contributed by atoms with Crippen LogP contribution in [0.1, 0.15) is 42.3 Å². The van der Waals surface area contributed by atoms with Crippen molar-refractivity contribution in [2.24, 2.45) is 7.05 Å². The molecular formula is C27H27FN6O3. The van der Waals surface area contributed by atoms with Gasteiger partial charge < -0.3 is 10.8 Å². The number of aliphatic hydroxyl groups is 1. The van der Waals surface area contributed by atoms with Crippen molar-refractivity contribution in [3.63, 3.8) is 0 Å². The highest BCUT2D eigenvalue weighted by molar-refractivity contribution is 6.10. The van der Waals surface area contributed by atoms with Gasteiger partial charge in [-0.05, 0) is 44.2 Å². The highest BCUT2D eigenvalue weighted by atomic mass is 19.1. The molecule has 2 aromatic carbocycles. The van der Waals surface area contributed by atoms with E-state index in [1.54, 1.807) is 42.2 Å². The molecule has 2 amide bonds. The Morgan fingerprint density at radius 1 is 1.19 bits per heavy atom. The summed E-state index contributed by atoms with van der Waals surface area (Å²) in [6.07, 6.45) is 1.61. The number of fused-ring (bicyclic) bond motifs is 3. The fourth-order valence-electron chi connectivity index (χ4n) is 3.86. The van der Waals surface area contributed by atoms with Crippen LogP contribution in [0.3, 0.4) is 0 Å². The number of nitrogen functional groups attached to an aromatic ring is 1. The highest BCUT2D eigenvalue weighted by Crippen LogP contribution is 2.28. The van der Waals surface area contributed by atoms with Crippen LogP contribution in [0, 0.1) is 17.7 Å². The molecule has 0 atom stereocenters. The smallest absolute Gasteiger partial charge is 0.272 e. The van der Waals surface area contributed by atoms with Gasteiger partial charge in [0.1, 0.15) is 17.2 Å². The number of halogens is 1. The Morgan fingerprint density at radius 2 is 1.92 bits per heavy atom. The minimum Gasteiger partial charge on any atom is -0.383 e. The van der Waals surface area contributed by atoms with Gasteiger partial charge in [0.2, 0.25) is 5.91 Å². The number of benzene rings is 2. The number of rotatable bonds is 3. The van der Waals surface area contributed by atoms with E-state index in [0.29, 0.717) is 27.7 Å². The second kappa shape index (κ2) is 9.52. The Labute approximate surface area is 213 Å². The normalized spacial score (nSPS) is 11.3. The average molecular weight is 503 g/mol. The summed E-state index contributed by atoms with van der Waals surface area (Å²) in [6, 6.07) is 9.26. The molecule has 0 radical (unpaired) electrons. The van der Waals surface area contributed by atoms with E-state index in [4.69, 9.17) is 5.73 Å². The van der Waals surface area contributed by atoms with Crippen LogP contribution < -0.4 is 5.73 Å². The summed E-state index contributed by atoms with van der Waals surface area (Å²) >= 11 is 0. The van der Waals surface area contributed by atoms with Crippen molar-refractivity contribution in [2.75, 3.05) is 12.8 Å². The molecule has 0 aliphatic heterocycles. The summed E-state index contributed by atoms with van der Waals surface area (Å²) in [5, 5.41) is 17.7. The Bertz CT molecular complexity index is 1610. The zero-order valence-corrected chi connectivity index (χ0v) is 21.2. The standard InChI is InChI=1S/C27H27FN6O3/c1-16(35)33(5)34(15-19-7-6-17(12-22(19)28)10-11-27(2,3)37)26(36)18-8-9-23-20(13-18)24-21(25(29)31-23)14-30-32(24)4/h6-9,12-14,37H,15H2,1-5H3,(H2,29,31). The lowest BCUT2D eigenvalue weighted by atomic mass is 10.1. The number of aryl methyl sites for hydroxylation is 1. The number of nitrogens with two attached hydrogens (primary N) is 1. The molecule has 0 bridgehead atoms. The Balaban J connectivity index is 1.73. The number of amides is 2. The van der Waals surface area contributed by atoms with Crippen LogP contribution in [0.5, 0.6) is 0 Å². The van der Waals surface area contributed by atoms with Gasteiger partial charge in [0.05, 0.1) is 29.2 Å². The molecule has 2 heterocycles. The van der Waals surface area contributed by atoms with Gasteiger partial charge in [0.25, 0.3) is 5.91 Å². The molecule has 10 heteroatoms. The molecule has 4 aromatic rings. The second-order valence-corrected chi connectivity index (χ2v) is 9.28. The van der Waals surface area contributed by atoms with Gasteiger partial charge in [-0.15, -0.1) is 0 Å². The number of hydrogen-bond acceptors (Lipinski definition) is 6. The van der Waals surface area contributed by atoms with Crippen molar-refractivity contribution in [3.8, 4) is 11.8 Å². The molecule has 9 nitrogen and oxygen atoms in total. The van der Waals surface area contributed by atoms with Crippen LogP contribution in [-0.4, -0.2) is 54.4 Å². The van der Waals surface area contributed by atoms with E-state index in [1.165, 1.54) is 45.0 Å². The molecule has 4 rings (SSSR count). The van der Waals surface area contributed by atoms with E-state index >= 15 is 0 Å². The maximum Gasteiger partial charge on any atom is 0.272 e. The zero-order chi connectivity index (χ0) is 27.1. The minimum atomic E-state index is -1.22. The minimum absolute atomic E-state index is 0.194. The molecule has 0 fully saturated rings. The van der Waals surface area contributed by atoms with Crippen molar-refractivity contribution in [1.29, 1.82) is 0 Å². The largest absolute Gasteiger partial charge is 0.383 e. The van der Waals surface area contributed by atoms with E-state index in [-0.39, 0.29) is 17.7 Å². The summed E-state index contributed by atoms with van der Waals surface area (Å²) in [4.78, 5) is 30.3. The fraction of sp³-hybridized carbons (Fsp3) is 0.259. The van der Waals surface area contributed by atoms with E-state index in [1.807, 2.05) is 0 Å². The number of pyridine rings is 1. The number of carbonyl (C=O) groups is 2. The lowest BCUT2D eigenvalue weighted by molar-refractivity contribution is -0.140. The van der Waals surface area contributed by atoms with Gasteiger partial charge in [-0.25, -0.2) is 14.4 Å². The Morgan fingerprint density at radius 3 is 2.57 bits per heavy atom. The van der Waals surface area contributed by atoms with Crippen LogP contribution in [0.15, 0.2) is 42.6 Å². The van der Waals surface area contributed by atoms with Gasteiger partial charge in [0.15, 0.2) is 0 Å². The maximum atomic E-state index is 15.0. The van der Waals surface area contributed by atoms with Crippen LogP contribution in [0.4, 0.5) is 10.2 Å². The SMILES string of the molecule is CC(=O)N(C)N(Cc1ccc(C#CC(C)(C)O)cc1F)C(=O)c1ccc2nc(N)c3cnn(C)c3c2c1. The lowest BCUT2D eigenvalue weighted by Crippen LogP contribution is -2.46. The number of aromatic nitrogens is 3. The fourth-order valence-corrected chi connectivity index (χ4v) is 3.86. The topological polar surface area (TPSA) is 118 Å². The van der Waals surface area contributed by atoms with Gasteiger partial charge in [-0.2, -0.15) is 5.10 Å². The molecule has 0 unspecified atom stereocenters. The molecule has 0 saturated heterocycles. The van der Waals surface area contributed by atoms with E-state index in [2.05, 4.69) is 21.9 Å². The zero-order valence-electron chi connectivity index (χ0n) is 21.2. The lowest BCUT2D eigenvalue weighted by Gasteiger charge is -2.31. The quantitative estimate of drug-likeness (QED) is 0.329. The number of carbonyl (C=O) groups excluding carboxylic acids is 2. The van der Waals surface area contributed by atoms with Crippen LogP contribution in [-0.2, 0) is 18.4 Å². The molecule has 190 valence electrons.